The number of nitrogens with zero attached hydrogens (tertiary/aromatic N) is 3. The first-order chi connectivity index (χ1) is 18.2. The van der Waals surface area contributed by atoms with E-state index in [9.17, 15) is 14.4 Å². The quantitative estimate of drug-likeness (QED) is 0.192. The van der Waals surface area contributed by atoms with Gasteiger partial charge in [0.2, 0.25) is 11.0 Å². The first-order valence-corrected chi connectivity index (χ1v) is 13.7. The lowest BCUT2D eigenvalue weighted by atomic mass is 10.0. The lowest BCUT2D eigenvalue weighted by Crippen LogP contribution is -2.23. The minimum atomic E-state index is -1.07. The number of carbonyl (C=O) groups is 3. The number of halogens is 2. The Hall–Kier alpha value is -3.44. The molecule has 0 fully saturated rings. The van der Waals surface area contributed by atoms with Crippen molar-refractivity contribution >= 4 is 74.9 Å². The molecule has 5 rings (SSSR count). The number of rotatable bonds is 6. The molecule has 2 N–H and O–H groups in total. The molecular weight excluding hydrogens is 567 g/mol. The zero-order chi connectivity index (χ0) is 27.2. The Morgan fingerprint density at radius 2 is 1.71 bits per heavy atom. The molecule has 194 valence electrons. The average molecular weight is 588 g/mol. The van der Waals surface area contributed by atoms with Crippen LogP contribution in [-0.4, -0.2) is 33.1 Å². The number of hydrogen-bond acceptors (Lipinski definition) is 7. The number of para-hydroxylation sites is 1. The summed E-state index contributed by atoms with van der Waals surface area (Å²) in [6.07, 6.45) is 0. The van der Waals surface area contributed by atoms with Crippen LogP contribution in [0, 0.1) is 0 Å². The normalized spacial score (nSPS) is 12.0. The smallest absolute Gasteiger partial charge is 0.336 e. The number of aromatic carboxylic acids is 1. The van der Waals surface area contributed by atoms with Crippen LogP contribution in [-0.2, 0) is 17.1 Å². The van der Waals surface area contributed by atoms with Crippen LogP contribution in [0.25, 0.3) is 0 Å². The van der Waals surface area contributed by atoms with Crippen LogP contribution in [0.2, 0.25) is 10.0 Å². The van der Waals surface area contributed by atoms with Gasteiger partial charge in [-0.25, -0.2) is 4.79 Å². The van der Waals surface area contributed by atoms with Gasteiger partial charge in [0.1, 0.15) is 0 Å². The van der Waals surface area contributed by atoms with Crippen molar-refractivity contribution in [1.82, 2.24) is 10.2 Å². The predicted octanol–water partition coefficient (Wildman–Crippen LogP) is 6.64. The van der Waals surface area contributed by atoms with Gasteiger partial charge in [-0.05, 0) is 41.5 Å². The first kappa shape index (κ1) is 27.6. The Kier molecular flexibility index (Phi) is 9.01. The summed E-state index contributed by atoms with van der Waals surface area (Å²) in [5, 5.41) is 21.3. The molecule has 4 aromatic rings. The fourth-order valence-electron chi connectivity index (χ4n) is 3.63. The molecule has 0 atom stereocenters. The highest BCUT2D eigenvalue weighted by atomic mass is 35.5. The van der Waals surface area contributed by atoms with E-state index in [4.69, 9.17) is 28.3 Å². The second kappa shape index (κ2) is 12.4. The summed E-state index contributed by atoms with van der Waals surface area (Å²) in [6.45, 7) is 1.84. The van der Waals surface area contributed by atoms with Crippen molar-refractivity contribution in [1.29, 1.82) is 0 Å². The van der Waals surface area contributed by atoms with Gasteiger partial charge in [0.05, 0.1) is 17.7 Å². The van der Waals surface area contributed by atoms with E-state index in [1.165, 1.54) is 36.1 Å². The molecule has 38 heavy (non-hydrogen) atoms. The van der Waals surface area contributed by atoms with Gasteiger partial charge in [-0.15, -0.1) is 10.2 Å². The Morgan fingerprint density at radius 3 is 2.37 bits per heavy atom. The van der Waals surface area contributed by atoms with Crippen LogP contribution in [0.5, 0.6) is 0 Å². The molecule has 12 heteroatoms. The summed E-state index contributed by atoms with van der Waals surface area (Å²) in [5.41, 5.74) is 2.78. The summed E-state index contributed by atoms with van der Waals surface area (Å²) >= 11 is 15.0. The first-order valence-electron chi connectivity index (χ1n) is 11.1. The third kappa shape index (κ3) is 6.51. The van der Waals surface area contributed by atoms with Gasteiger partial charge in [-0.2, -0.15) is 0 Å². The van der Waals surface area contributed by atoms with Crippen molar-refractivity contribution in [3.8, 4) is 0 Å². The van der Waals surface area contributed by atoms with Crippen molar-refractivity contribution in [2.24, 2.45) is 0 Å². The van der Waals surface area contributed by atoms with Crippen molar-refractivity contribution in [3.63, 3.8) is 0 Å². The highest BCUT2D eigenvalue weighted by Gasteiger charge is 2.32. The summed E-state index contributed by atoms with van der Waals surface area (Å²) in [6, 6.07) is 19.6. The van der Waals surface area contributed by atoms with Gasteiger partial charge in [0.25, 0.3) is 5.91 Å². The zero-order valence-electron chi connectivity index (χ0n) is 19.9. The predicted molar refractivity (Wildman–Crippen MR) is 151 cm³/mol. The second-order valence-electron chi connectivity index (χ2n) is 7.91. The van der Waals surface area contributed by atoms with Crippen molar-refractivity contribution in [2.75, 3.05) is 10.2 Å². The summed E-state index contributed by atoms with van der Waals surface area (Å²) in [7, 11) is 0. The van der Waals surface area contributed by atoms with E-state index in [1.807, 2.05) is 30.3 Å². The fraction of sp³-hybridized carbons (Fsp3) is 0.115. The molecule has 0 bridgehead atoms. The topological polar surface area (TPSA) is 112 Å². The Labute approximate surface area is 236 Å². The molecule has 1 aliphatic rings. The maximum Gasteiger partial charge on any atom is 0.336 e. The standard InChI is InChI=1S/C15H11NO3.C11H9Cl2N3OS2/c17-14-13-10(5-4-8-12(13)15(18)19)9-16(14)11-6-2-1-3-7-11;1-6(17)14-10-15-16-11(19-10)18-5-7-8(12)3-2-4-9(7)13/h1-8H,9H2,(H,18,19);2-4H,5H2,1H3,(H,14,15,17). The number of carboxylic acid groups (broad SMARTS) is 1. The number of hydrogen-bond donors (Lipinski definition) is 2. The molecule has 0 aliphatic carbocycles. The number of carboxylic acids is 1. The third-order valence-electron chi connectivity index (χ3n) is 5.33. The number of aromatic nitrogens is 2. The fourth-order valence-corrected chi connectivity index (χ4v) is 6.17. The second-order valence-corrected chi connectivity index (χ2v) is 10.9. The van der Waals surface area contributed by atoms with Gasteiger partial charge >= 0.3 is 5.97 Å². The number of thioether (sulfide) groups is 1. The Bertz CT molecular complexity index is 1480. The number of carbonyl (C=O) groups excluding carboxylic acids is 2. The maximum atomic E-state index is 12.4. The number of fused-ring (bicyclic) bond motifs is 1. The number of anilines is 2. The van der Waals surface area contributed by atoms with E-state index in [0.717, 1.165) is 21.2 Å². The Morgan fingerprint density at radius 1 is 1.03 bits per heavy atom. The molecular formula is C26H20Cl2N4O4S2. The van der Waals surface area contributed by atoms with Crippen LogP contribution in [0.1, 0.15) is 38.8 Å². The van der Waals surface area contributed by atoms with Crippen LogP contribution >= 0.6 is 46.3 Å². The zero-order valence-corrected chi connectivity index (χ0v) is 23.0. The number of nitrogens with one attached hydrogen (secondary N) is 1. The summed E-state index contributed by atoms with van der Waals surface area (Å²) in [5.74, 6) is -0.881. The monoisotopic (exact) mass is 586 g/mol. The SMILES string of the molecule is CC(=O)Nc1nnc(SCc2c(Cl)cccc2Cl)s1.O=C(O)c1cccc2c1C(=O)N(c1ccccc1)C2. The molecule has 1 aromatic heterocycles. The highest BCUT2D eigenvalue weighted by molar-refractivity contribution is 8.00. The third-order valence-corrected chi connectivity index (χ3v) is 8.03. The summed E-state index contributed by atoms with van der Waals surface area (Å²) in [4.78, 5) is 36.0. The van der Waals surface area contributed by atoms with Gasteiger partial charge in [0, 0.05) is 28.4 Å². The molecule has 2 amide bonds. The summed E-state index contributed by atoms with van der Waals surface area (Å²) < 4.78 is 0.750. The van der Waals surface area contributed by atoms with Gasteiger partial charge in [-0.1, -0.05) is 82.7 Å². The molecule has 0 spiro atoms. The lowest BCUT2D eigenvalue weighted by molar-refractivity contribution is -0.114. The minimum absolute atomic E-state index is 0.0703. The molecule has 1 aliphatic heterocycles. The minimum Gasteiger partial charge on any atom is -0.478 e. The molecule has 0 saturated carbocycles. The number of benzene rings is 3. The number of amides is 2. The van der Waals surface area contributed by atoms with E-state index < -0.39 is 5.97 Å². The van der Waals surface area contributed by atoms with Crippen LogP contribution < -0.4 is 10.2 Å². The molecule has 3 aromatic carbocycles. The maximum absolute atomic E-state index is 12.4. The van der Waals surface area contributed by atoms with E-state index in [0.29, 0.717) is 33.0 Å². The molecule has 2 heterocycles. The average Bonchev–Trinajstić information content (AvgIpc) is 3.48. The molecule has 0 saturated heterocycles. The molecule has 0 unspecified atom stereocenters. The van der Waals surface area contributed by atoms with E-state index in [2.05, 4.69) is 15.5 Å². The van der Waals surface area contributed by atoms with Crippen molar-refractivity contribution < 1.29 is 19.5 Å². The lowest BCUT2D eigenvalue weighted by Gasteiger charge is -2.15. The van der Waals surface area contributed by atoms with Crippen LogP contribution in [0.4, 0.5) is 10.8 Å². The highest BCUT2D eigenvalue weighted by Crippen LogP contribution is 2.34. The Balaban J connectivity index is 0.000000177. The van der Waals surface area contributed by atoms with Gasteiger partial charge < -0.3 is 15.3 Å². The van der Waals surface area contributed by atoms with E-state index >= 15 is 0 Å². The van der Waals surface area contributed by atoms with Crippen LogP contribution in [0.15, 0.2) is 71.1 Å². The van der Waals surface area contributed by atoms with Crippen molar-refractivity contribution in [3.05, 3.63) is 99.0 Å². The van der Waals surface area contributed by atoms with Crippen LogP contribution in [0.3, 0.4) is 0 Å². The van der Waals surface area contributed by atoms with E-state index in [-0.39, 0.29) is 17.4 Å². The van der Waals surface area contributed by atoms with Gasteiger partial charge in [-0.3, -0.25) is 9.59 Å². The molecule has 8 nitrogen and oxygen atoms in total. The van der Waals surface area contributed by atoms with E-state index in [1.54, 1.807) is 35.2 Å². The molecule has 0 radical (unpaired) electrons. The largest absolute Gasteiger partial charge is 0.478 e. The van der Waals surface area contributed by atoms with Gasteiger partial charge in [0.15, 0.2) is 4.34 Å². The van der Waals surface area contributed by atoms with Crippen molar-refractivity contribution in [2.45, 2.75) is 23.6 Å².